The molecule has 3 nitrogen and oxygen atoms in total. The van der Waals surface area contributed by atoms with E-state index in [1.165, 1.54) is 0 Å². The Kier molecular flexibility index (Phi) is 6.08. The van der Waals surface area contributed by atoms with E-state index in [1.54, 1.807) is 11.8 Å². The van der Waals surface area contributed by atoms with E-state index in [-0.39, 0.29) is 11.2 Å². The molecular formula is C13H20N2OS. The second-order valence-electron chi connectivity index (χ2n) is 3.96. The predicted molar refractivity (Wildman–Crippen MR) is 75.4 cm³/mol. The van der Waals surface area contributed by atoms with Crippen molar-refractivity contribution in [2.24, 2.45) is 5.73 Å². The van der Waals surface area contributed by atoms with Gasteiger partial charge >= 0.3 is 0 Å². The number of hydrogen-bond donors (Lipinski definition) is 2. The number of para-hydroxylation sites is 1. The quantitative estimate of drug-likeness (QED) is 0.764. The Balaban J connectivity index is 2.46. The molecular weight excluding hydrogens is 232 g/mol. The smallest absolute Gasteiger partial charge is 0.237 e. The Morgan fingerprint density at radius 2 is 2.18 bits per heavy atom. The molecule has 1 unspecified atom stereocenters. The minimum absolute atomic E-state index is 0.0406. The molecule has 1 atom stereocenters. The summed E-state index contributed by atoms with van der Waals surface area (Å²) in [7, 11) is 0. The molecule has 0 heterocycles. The van der Waals surface area contributed by atoms with Gasteiger partial charge in [-0.25, -0.2) is 0 Å². The summed E-state index contributed by atoms with van der Waals surface area (Å²) in [4.78, 5) is 11.9. The van der Waals surface area contributed by atoms with Crippen molar-refractivity contribution in [3.8, 4) is 0 Å². The van der Waals surface area contributed by atoms with Gasteiger partial charge in [0.2, 0.25) is 5.91 Å². The molecule has 1 rings (SSSR count). The first-order chi connectivity index (χ1) is 8.15. The van der Waals surface area contributed by atoms with E-state index in [9.17, 15) is 4.79 Å². The maximum atomic E-state index is 11.9. The zero-order valence-corrected chi connectivity index (χ0v) is 11.2. The Hall–Kier alpha value is -1.000. The first kappa shape index (κ1) is 14.1. The van der Waals surface area contributed by atoms with Gasteiger partial charge in [0, 0.05) is 5.69 Å². The molecule has 0 fully saturated rings. The molecule has 3 N–H and O–H groups in total. The second-order valence-corrected chi connectivity index (χ2v) is 5.41. The number of amides is 1. The van der Waals surface area contributed by atoms with Gasteiger partial charge in [0.15, 0.2) is 0 Å². The van der Waals surface area contributed by atoms with Crippen LogP contribution in [-0.4, -0.2) is 23.5 Å². The highest BCUT2D eigenvalue weighted by molar-refractivity contribution is 8.00. The number of carbonyl (C=O) groups is 1. The van der Waals surface area contributed by atoms with Crippen LogP contribution < -0.4 is 11.1 Å². The average Bonchev–Trinajstić information content (AvgIpc) is 2.32. The molecule has 0 saturated carbocycles. The maximum absolute atomic E-state index is 11.9. The van der Waals surface area contributed by atoms with Crippen molar-refractivity contribution in [2.45, 2.75) is 25.5 Å². The molecule has 0 radical (unpaired) electrons. The summed E-state index contributed by atoms with van der Waals surface area (Å²) >= 11 is 1.64. The van der Waals surface area contributed by atoms with Crippen LogP contribution in [0.3, 0.4) is 0 Å². The Labute approximate surface area is 107 Å². The van der Waals surface area contributed by atoms with Gasteiger partial charge in [-0.05, 0) is 44.2 Å². The zero-order chi connectivity index (χ0) is 12.7. The van der Waals surface area contributed by atoms with Crippen molar-refractivity contribution >= 4 is 23.4 Å². The van der Waals surface area contributed by atoms with Crippen LogP contribution in [0.1, 0.15) is 18.9 Å². The lowest BCUT2D eigenvalue weighted by molar-refractivity contribution is -0.115. The van der Waals surface area contributed by atoms with E-state index >= 15 is 0 Å². The van der Waals surface area contributed by atoms with E-state index in [2.05, 4.69) is 5.32 Å². The van der Waals surface area contributed by atoms with Crippen molar-refractivity contribution in [3.05, 3.63) is 29.8 Å². The molecule has 0 aromatic heterocycles. The first-order valence-electron chi connectivity index (χ1n) is 5.83. The highest BCUT2D eigenvalue weighted by Crippen LogP contribution is 2.17. The Bertz CT molecular complexity index is 368. The van der Waals surface area contributed by atoms with E-state index in [4.69, 9.17) is 5.73 Å². The summed E-state index contributed by atoms with van der Waals surface area (Å²) < 4.78 is 0. The number of hydrogen-bond acceptors (Lipinski definition) is 3. The van der Waals surface area contributed by atoms with E-state index < -0.39 is 0 Å². The summed E-state index contributed by atoms with van der Waals surface area (Å²) in [5.41, 5.74) is 7.40. The van der Waals surface area contributed by atoms with Crippen LogP contribution in [0.4, 0.5) is 5.69 Å². The molecule has 1 amide bonds. The highest BCUT2D eigenvalue weighted by atomic mass is 32.2. The second kappa shape index (κ2) is 7.35. The van der Waals surface area contributed by atoms with Gasteiger partial charge in [-0.3, -0.25) is 4.79 Å². The number of anilines is 1. The zero-order valence-electron chi connectivity index (χ0n) is 10.4. The number of nitrogens with one attached hydrogen (secondary N) is 1. The van der Waals surface area contributed by atoms with E-state index in [1.807, 2.05) is 38.1 Å². The van der Waals surface area contributed by atoms with E-state index in [0.29, 0.717) is 6.54 Å². The lowest BCUT2D eigenvalue weighted by atomic mass is 10.2. The normalized spacial score (nSPS) is 12.2. The van der Waals surface area contributed by atoms with Crippen molar-refractivity contribution in [2.75, 3.05) is 17.6 Å². The number of rotatable bonds is 6. The average molecular weight is 252 g/mol. The number of benzene rings is 1. The summed E-state index contributed by atoms with van der Waals surface area (Å²) in [6.07, 6.45) is 0.951. The number of carbonyl (C=O) groups excluding carboxylic acids is 1. The van der Waals surface area contributed by atoms with Crippen LogP contribution in [0.5, 0.6) is 0 Å². The van der Waals surface area contributed by atoms with Crippen LogP contribution in [0.15, 0.2) is 24.3 Å². The molecule has 0 aliphatic rings. The van der Waals surface area contributed by atoms with Gasteiger partial charge in [0.1, 0.15) is 0 Å². The fourth-order valence-electron chi connectivity index (χ4n) is 1.37. The first-order valence-corrected chi connectivity index (χ1v) is 6.88. The summed E-state index contributed by atoms with van der Waals surface area (Å²) in [6, 6.07) is 7.80. The summed E-state index contributed by atoms with van der Waals surface area (Å²) in [5, 5.41) is 2.91. The number of nitrogens with two attached hydrogens (primary N) is 1. The Morgan fingerprint density at radius 1 is 1.47 bits per heavy atom. The van der Waals surface area contributed by atoms with Crippen molar-refractivity contribution in [1.29, 1.82) is 0 Å². The van der Waals surface area contributed by atoms with Gasteiger partial charge in [-0.1, -0.05) is 18.2 Å². The van der Waals surface area contributed by atoms with Crippen LogP contribution >= 0.6 is 11.8 Å². The molecule has 94 valence electrons. The maximum Gasteiger partial charge on any atom is 0.237 e. The van der Waals surface area contributed by atoms with Crippen molar-refractivity contribution in [1.82, 2.24) is 0 Å². The fourth-order valence-corrected chi connectivity index (χ4v) is 2.26. The minimum atomic E-state index is -0.0406. The third-order valence-electron chi connectivity index (χ3n) is 2.49. The SMILES string of the molecule is Cc1ccccc1NC(=O)C(C)SCCCN. The fraction of sp³-hybridized carbons (Fsp3) is 0.462. The van der Waals surface area contributed by atoms with E-state index in [0.717, 1.165) is 23.4 Å². The largest absolute Gasteiger partial charge is 0.330 e. The minimum Gasteiger partial charge on any atom is -0.330 e. The van der Waals surface area contributed by atoms with Gasteiger partial charge in [-0.15, -0.1) is 11.8 Å². The molecule has 0 aliphatic heterocycles. The van der Waals surface area contributed by atoms with Crippen LogP contribution in [-0.2, 0) is 4.79 Å². The predicted octanol–water partition coefficient (Wildman–Crippen LogP) is 2.40. The van der Waals surface area contributed by atoms with Crippen LogP contribution in [0, 0.1) is 6.92 Å². The molecule has 1 aromatic rings. The third-order valence-corrected chi connectivity index (χ3v) is 3.73. The van der Waals surface area contributed by atoms with Crippen molar-refractivity contribution in [3.63, 3.8) is 0 Å². The molecule has 0 saturated heterocycles. The molecule has 0 aliphatic carbocycles. The summed E-state index contributed by atoms with van der Waals surface area (Å²) in [5.74, 6) is 0.986. The molecule has 17 heavy (non-hydrogen) atoms. The van der Waals surface area contributed by atoms with Crippen LogP contribution in [0.2, 0.25) is 0 Å². The van der Waals surface area contributed by atoms with Crippen LogP contribution in [0.25, 0.3) is 0 Å². The Morgan fingerprint density at radius 3 is 2.82 bits per heavy atom. The molecule has 0 spiro atoms. The lowest BCUT2D eigenvalue weighted by Gasteiger charge is -2.13. The van der Waals surface area contributed by atoms with Crippen molar-refractivity contribution < 1.29 is 4.79 Å². The lowest BCUT2D eigenvalue weighted by Crippen LogP contribution is -2.23. The summed E-state index contributed by atoms with van der Waals surface area (Å²) in [6.45, 7) is 4.59. The number of thioether (sulfide) groups is 1. The van der Waals surface area contributed by atoms with Gasteiger partial charge in [0.05, 0.1) is 5.25 Å². The van der Waals surface area contributed by atoms with Gasteiger partial charge < -0.3 is 11.1 Å². The highest BCUT2D eigenvalue weighted by Gasteiger charge is 2.13. The number of aryl methyl sites for hydroxylation is 1. The standard InChI is InChI=1S/C13H20N2OS/c1-10-6-3-4-7-12(10)15-13(16)11(2)17-9-5-8-14/h3-4,6-7,11H,5,8-9,14H2,1-2H3,(H,15,16). The van der Waals surface area contributed by atoms with Gasteiger partial charge in [0.25, 0.3) is 0 Å². The molecule has 1 aromatic carbocycles. The van der Waals surface area contributed by atoms with Gasteiger partial charge in [-0.2, -0.15) is 0 Å². The monoisotopic (exact) mass is 252 g/mol. The topological polar surface area (TPSA) is 55.1 Å². The molecule has 4 heteroatoms. The molecule has 0 bridgehead atoms. The third kappa shape index (κ3) is 4.79.